The zero-order valence-corrected chi connectivity index (χ0v) is 21.0. The summed E-state index contributed by atoms with van der Waals surface area (Å²) in [6.45, 7) is 16.6. The minimum atomic E-state index is -0.318. The van der Waals surface area contributed by atoms with Gasteiger partial charge in [-0.05, 0) is 81.5 Å². The number of anilines is 1. The Morgan fingerprint density at radius 3 is 2.28 bits per heavy atom. The molecule has 5 heteroatoms. The van der Waals surface area contributed by atoms with Crippen molar-refractivity contribution >= 4 is 34.8 Å². The van der Waals surface area contributed by atoms with Gasteiger partial charge >= 0.3 is 0 Å². The molecule has 0 aliphatic carbocycles. The molecule has 0 radical (unpaired) electrons. The van der Waals surface area contributed by atoms with Crippen LogP contribution in [0.5, 0.6) is 0 Å². The predicted molar refractivity (Wildman–Crippen MR) is 137 cm³/mol. The molecule has 1 aromatic heterocycles. The summed E-state index contributed by atoms with van der Waals surface area (Å²) in [6, 6.07) is 16.9. The van der Waals surface area contributed by atoms with Crippen LogP contribution in [-0.4, -0.2) is 30.1 Å². The van der Waals surface area contributed by atoms with Gasteiger partial charge < -0.3 is 9.64 Å². The third-order valence-electron chi connectivity index (χ3n) is 5.11. The van der Waals surface area contributed by atoms with Gasteiger partial charge in [0.15, 0.2) is 0 Å². The van der Waals surface area contributed by atoms with Crippen LogP contribution >= 0.6 is 11.6 Å². The molecule has 172 valence electrons. The van der Waals surface area contributed by atoms with E-state index in [2.05, 4.69) is 67.7 Å². The minimum Gasteiger partial charge on any atom is -0.462 e. The minimum absolute atomic E-state index is 0.318. The molecule has 0 spiro atoms. The van der Waals surface area contributed by atoms with Gasteiger partial charge in [0.2, 0.25) is 0 Å². The Hall–Kier alpha value is -2.59. The van der Waals surface area contributed by atoms with E-state index in [1.807, 2.05) is 39.0 Å². The maximum Gasteiger partial charge on any atom is 0.293 e. The van der Waals surface area contributed by atoms with E-state index in [0.717, 1.165) is 34.8 Å². The van der Waals surface area contributed by atoms with E-state index in [4.69, 9.17) is 16.6 Å². The molecule has 0 aliphatic rings. The lowest BCUT2D eigenvalue weighted by Gasteiger charge is -2.22. The Morgan fingerprint density at radius 1 is 1.06 bits per heavy atom. The summed E-state index contributed by atoms with van der Waals surface area (Å²) in [7, 11) is 0. The van der Waals surface area contributed by atoms with Crippen molar-refractivity contribution in [1.29, 1.82) is 0 Å². The van der Waals surface area contributed by atoms with Crippen LogP contribution < -0.4 is 4.90 Å². The van der Waals surface area contributed by atoms with E-state index in [0.29, 0.717) is 12.4 Å². The summed E-state index contributed by atoms with van der Waals surface area (Å²) < 4.78 is 4.55. The maximum atomic E-state index is 9.60. The molecule has 32 heavy (non-hydrogen) atoms. The second-order valence-corrected chi connectivity index (χ2v) is 9.40. The molecule has 0 bridgehead atoms. The first kappa shape index (κ1) is 25.7. The van der Waals surface area contributed by atoms with Crippen LogP contribution in [0.15, 0.2) is 48.5 Å². The number of nitrogens with zero attached hydrogens (tertiary/aromatic N) is 2. The second kappa shape index (κ2) is 11.3. The number of carbonyl (C=O) groups excluding carboxylic acids is 1. The zero-order chi connectivity index (χ0) is 23.9. The number of benzene rings is 2. The van der Waals surface area contributed by atoms with Gasteiger partial charge in [0.1, 0.15) is 11.4 Å². The highest BCUT2D eigenvalue weighted by Crippen LogP contribution is 2.34. The Balaban J connectivity index is 0.000000451. The van der Waals surface area contributed by atoms with Crippen molar-refractivity contribution in [2.24, 2.45) is 0 Å². The topological polar surface area (TPSA) is 42.4 Å². The highest BCUT2D eigenvalue weighted by molar-refractivity contribution is 6.31. The maximum absolute atomic E-state index is 9.60. The van der Waals surface area contributed by atoms with E-state index in [-0.39, 0.29) is 5.60 Å². The normalized spacial score (nSPS) is 11.2. The number of hydrogen-bond acceptors (Lipinski definition) is 4. The van der Waals surface area contributed by atoms with Gasteiger partial charge in [0.05, 0.1) is 5.52 Å². The summed E-state index contributed by atoms with van der Waals surface area (Å²) in [6.07, 6.45) is 0. The number of pyridine rings is 1. The highest BCUT2D eigenvalue weighted by Gasteiger charge is 2.13. The van der Waals surface area contributed by atoms with Crippen LogP contribution in [0.2, 0.25) is 5.02 Å². The number of aromatic nitrogens is 1. The smallest absolute Gasteiger partial charge is 0.293 e. The van der Waals surface area contributed by atoms with Gasteiger partial charge in [0, 0.05) is 23.5 Å². The van der Waals surface area contributed by atoms with E-state index in [9.17, 15) is 4.79 Å². The summed E-state index contributed by atoms with van der Waals surface area (Å²) in [5.41, 5.74) is 4.42. The molecule has 0 aliphatic heterocycles. The molecule has 1 heterocycles. The van der Waals surface area contributed by atoms with Crippen molar-refractivity contribution in [3.63, 3.8) is 0 Å². The van der Waals surface area contributed by atoms with E-state index >= 15 is 0 Å². The van der Waals surface area contributed by atoms with Crippen molar-refractivity contribution in [2.45, 2.75) is 60.0 Å². The molecule has 2 aromatic carbocycles. The number of hydrogen-bond donors (Lipinski definition) is 0. The molecule has 0 fully saturated rings. The van der Waals surface area contributed by atoms with Gasteiger partial charge in [-0.2, -0.15) is 0 Å². The molecule has 0 unspecified atom stereocenters. The van der Waals surface area contributed by atoms with Gasteiger partial charge in [-0.1, -0.05) is 49.7 Å². The summed E-state index contributed by atoms with van der Waals surface area (Å²) in [5, 5.41) is 1.84. The molecule has 0 amide bonds. The highest BCUT2D eigenvalue weighted by atomic mass is 35.5. The van der Waals surface area contributed by atoms with Gasteiger partial charge in [0.25, 0.3) is 6.47 Å². The van der Waals surface area contributed by atoms with Gasteiger partial charge in [-0.3, -0.25) is 4.79 Å². The number of carbonyl (C=O) groups is 1. The fourth-order valence-electron chi connectivity index (χ4n) is 3.34. The van der Waals surface area contributed by atoms with Crippen LogP contribution in [0, 0.1) is 0 Å². The van der Waals surface area contributed by atoms with Crippen molar-refractivity contribution in [3.8, 4) is 11.1 Å². The molecule has 0 saturated carbocycles. The third kappa shape index (κ3) is 6.96. The molecule has 0 N–H and O–H groups in total. The van der Waals surface area contributed by atoms with Crippen LogP contribution in [0.1, 0.15) is 59.9 Å². The molecule has 3 aromatic rings. The SMILES string of the molecule is CC(C)(C)OC=O.CCN(CC)c1cc(-c2cccc(C(C)C)c2)c2cc(Cl)ccc2n1. The van der Waals surface area contributed by atoms with Crippen LogP contribution in [0.3, 0.4) is 0 Å². The van der Waals surface area contributed by atoms with E-state index in [1.54, 1.807) is 0 Å². The Kier molecular flexibility index (Phi) is 9.09. The van der Waals surface area contributed by atoms with Crippen molar-refractivity contribution in [3.05, 3.63) is 59.1 Å². The predicted octanol–water partition coefficient (Wildman–Crippen LogP) is 7.48. The fourth-order valence-corrected chi connectivity index (χ4v) is 3.51. The first-order valence-corrected chi connectivity index (χ1v) is 11.5. The van der Waals surface area contributed by atoms with Crippen molar-refractivity contribution in [2.75, 3.05) is 18.0 Å². The van der Waals surface area contributed by atoms with Crippen molar-refractivity contribution < 1.29 is 9.53 Å². The standard InChI is InChI=1S/C22H25ClN2.C5H10O2/c1-5-25(6-2)22-14-19(17-9-7-8-16(12-17)15(3)4)20-13-18(23)10-11-21(20)24-22;1-5(2,3)7-4-6/h7-15H,5-6H2,1-4H3;4H,1-3H3. The van der Waals surface area contributed by atoms with E-state index < -0.39 is 0 Å². The first-order chi connectivity index (χ1) is 15.1. The summed E-state index contributed by atoms with van der Waals surface area (Å²) >= 11 is 6.28. The lowest BCUT2D eigenvalue weighted by atomic mass is 9.95. The average molecular weight is 455 g/mol. The second-order valence-electron chi connectivity index (χ2n) is 8.97. The number of ether oxygens (including phenoxy) is 1. The van der Waals surface area contributed by atoms with Gasteiger partial charge in [-0.15, -0.1) is 0 Å². The first-order valence-electron chi connectivity index (χ1n) is 11.2. The Bertz CT molecular complexity index is 1040. The quantitative estimate of drug-likeness (QED) is 0.362. The molecular formula is C27H35ClN2O2. The van der Waals surface area contributed by atoms with E-state index in [1.165, 1.54) is 16.7 Å². The largest absolute Gasteiger partial charge is 0.462 e. The lowest BCUT2D eigenvalue weighted by molar-refractivity contribution is -0.138. The molecule has 3 rings (SSSR count). The fraction of sp³-hybridized carbons (Fsp3) is 0.407. The van der Waals surface area contributed by atoms with Crippen LogP contribution in [0.25, 0.3) is 22.0 Å². The Morgan fingerprint density at radius 2 is 1.75 bits per heavy atom. The molecule has 0 saturated heterocycles. The average Bonchev–Trinajstić information content (AvgIpc) is 2.74. The summed E-state index contributed by atoms with van der Waals surface area (Å²) in [5.74, 6) is 1.52. The molecule has 0 atom stereocenters. The summed E-state index contributed by atoms with van der Waals surface area (Å²) in [4.78, 5) is 16.7. The monoisotopic (exact) mass is 454 g/mol. The van der Waals surface area contributed by atoms with Gasteiger partial charge in [-0.25, -0.2) is 4.98 Å². The van der Waals surface area contributed by atoms with Crippen molar-refractivity contribution in [1.82, 2.24) is 4.98 Å². The molecule has 4 nitrogen and oxygen atoms in total. The number of fused-ring (bicyclic) bond motifs is 1. The third-order valence-corrected chi connectivity index (χ3v) is 5.35. The zero-order valence-electron chi connectivity index (χ0n) is 20.3. The number of rotatable bonds is 6. The Labute approximate surface area is 197 Å². The molecular weight excluding hydrogens is 420 g/mol. The number of halogens is 1. The van der Waals surface area contributed by atoms with Crippen LogP contribution in [0.4, 0.5) is 5.82 Å². The lowest BCUT2D eigenvalue weighted by Crippen LogP contribution is -2.23. The van der Waals surface area contributed by atoms with Crippen LogP contribution in [-0.2, 0) is 9.53 Å².